The van der Waals surface area contributed by atoms with Crippen LogP contribution in [0.4, 0.5) is 5.69 Å². The first-order valence-electron chi connectivity index (χ1n) is 12.2. The second-order valence-corrected chi connectivity index (χ2v) is 9.50. The van der Waals surface area contributed by atoms with Crippen LogP contribution in [0.2, 0.25) is 0 Å². The molecule has 174 valence electrons. The molecule has 0 spiro atoms. The number of rotatable bonds is 7. The van der Waals surface area contributed by atoms with E-state index in [0.29, 0.717) is 6.42 Å². The summed E-state index contributed by atoms with van der Waals surface area (Å²) in [5.41, 5.74) is 11.2. The van der Waals surface area contributed by atoms with Crippen molar-refractivity contribution in [1.29, 1.82) is 0 Å². The van der Waals surface area contributed by atoms with Gasteiger partial charge < -0.3 is 14.6 Å². The van der Waals surface area contributed by atoms with Crippen molar-refractivity contribution in [1.82, 2.24) is 9.55 Å². The number of aliphatic hydroxyl groups excluding tert-OH is 1. The van der Waals surface area contributed by atoms with Crippen molar-refractivity contribution in [2.75, 3.05) is 11.4 Å². The molecule has 0 aliphatic carbocycles. The van der Waals surface area contributed by atoms with E-state index in [1.165, 1.54) is 50.1 Å². The summed E-state index contributed by atoms with van der Waals surface area (Å²) in [6.07, 6.45) is 6.46. The molecule has 3 heterocycles. The first-order chi connectivity index (χ1) is 16.5. The summed E-state index contributed by atoms with van der Waals surface area (Å²) in [6.45, 7) is 13.2. The van der Waals surface area contributed by atoms with Crippen LogP contribution in [0.15, 0.2) is 67.2 Å². The molecule has 1 N–H and O–H groups in total. The third-order valence-electron chi connectivity index (χ3n) is 7.08. The Kier molecular flexibility index (Phi) is 5.91. The maximum absolute atomic E-state index is 10.3. The number of aliphatic hydroxyl groups is 1. The van der Waals surface area contributed by atoms with Crippen LogP contribution < -0.4 is 4.90 Å². The van der Waals surface area contributed by atoms with E-state index in [9.17, 15) is 5.11 Å². The van der Waals surface area contributed by atoms with Gasteiger partial charge in [-0.15, -0.1) is 0 Å². The smallest absolute Gasteiger partial charge is 0.0895 e. The van der Waals surface area contributed by atoms with E-state index in [1.807, 2.05) is 18.5 Å². The molecule has 4 aromatic rings. The summed E-state index contributed by atoms with van der Waals surface area (Å²) in [5.74, 6) is 0.198. The lowest BCUT2D eigenvalue weighted by Gasteiger charge is -2.34. The van der Waals surface area contributed by atoms with E-state index in [1.54, 1.807) is 0 Å². The number of pyridine rings is 1. The molecule has 5 rings (SSSR count). The predicted molar refractivity (Wildman–Crippen MR) is 142 cm³/mol. The Labute approximate surface area is 202 Å². The molecule has 0 atom stereocenters. The third-order valence-corrected chi connectivity index (χ3v) is 7.08. The van der Waals surface area contributed by atoms with Crippen molar-refractivity contribution < 1.29 is 5.11 Å². The first-order valence-corrected chi connectivity index (χ1v) is 12.2. The summed E-state index contributed by atoms with van der Waals surface area (Å²) in [4.78, 5) is 6.80. The first kappa shape index (κ1) is 22.3. The van der Waals surface area contributed by atoms with E-state index in [4.69, 9.17) is 0 Å². The van der Waals surface area contributed by atoms with Crippen LogP contribution in [0.25, 0.3) is 22.0 Å². The number of aromatic nitrogens is 2. The number of anilines is 1. The Bertz CT molecular complexity index is 1350. The lowest BCUT2D eigenvalue weighted by Crippen LogP contribution is -2.32. The Morgan fingerprint density at radius 1 is 1.09 bits per heavy atom. The standard InChI is InChI=1S/C30H33N3O/c1-5-7-23-9-11-25(12-10-23)28-26(17-21(3)34)22(4)29-30-27(28)16-20(2)33(30)15-14-32(29)19-24-8-6-13-31-18-24/h6,8-13,16,18,34H,3,5,7,14-15,17,19H2,1-2,4H3. The SMILES string of the molecule is C=C(O)Cc1c(C)c2c3c(cc(C)n3CCN2Cc2cccnc2)c1-c1ccc(CCC)cc1. The van der Waals surface area contributed by atoms with E-state index >= 15 is 0 Å². The maximum Gasteiger partial charge on any atom is 0.0895 e. The zero-order valence-electron chi connectivity index (χ0n) is 20.4. The highest BCUT2D eigenvalue weighted by Gasteiger charge is 2.28. The van der Waals surface area contributed by atoms with Gasteiger partial charge in [0.15, 0.2) is 0 Å². The summed E-state index contributed by atoms with van der Waals surface area (Å²) in [5, 5.41) is 11.6. The second kappa shape index (κ2) is 9.02. The highest BCUT2D eigenvalue weighted by Crippen LogP contribution is 2.45. The molecular weight excluding hydrogens is 418 g/mol. The van der Waals surface area contributed by atoms with Gasteiger partial charge in [-0.25, -0.2) is 0 Å². The number of hydrogen-bond acceptors (Lipinski definition) is 3. The predicted octanol–water partition coefficient (Wildman–Crippen LogP) is 6.91. The van der Waals surface area contributed by atoms with Crippen molar-refractivity contribution >= 4 is 16.6 Å². The van der Waals surface area contributed by atoms with Crippen molar-refractivity contribution in [3.05, 3.63) is 95.1 Å². The quantitative estimate of drug-likeness (QED) is 0.311. The van der Waals surface area contributed by atoms with Crippen molar-refractivity contribution in [3.8, 4) is 11.1 Å². The van der Waals surface area contributed by atoms with Gasteiger partial charge in [0, 0.05) is 49.5 Å². The molecule has 0 saturated carbocycles. The molecule has 2 aromatic carbocycles. The van der Waals surface area contributed by atoms with Gasteiger partial charge in [-0.2, -0.15) is 0 Å². The minimum Gasteiger partial charge on any atom is -0.513 e. The Morgan fingerprint density at radius 3 is 2.56 bits per heavy atom. The van der Waals surface area contributed by atoms with Crippen molar-refractivity contribution in [2.45, 2.75) is 53.1 Å². The number of aryl methyl sites for hydroxylation is 2. The molecule has 0 amide bonds. The summed E-state index contributed by atoms with van der Waals surface area (Å²) < 4.78 is 2.46. The number of allylic oxidation sites excluding steroid dienone is 1. The highest BCUT2D eigenvalue weighted by molar-refractivity contribution is 6.06. The second-order valence-electron chi connectivity index (χ2n) is 9.50. The van der Waals surface area contributed by atoms with Crippen LogP contribution in [0, 0.1) is 13.8 Å². The van der Waals surface area contributed by atoms with Gasteiger partial charge in [-0.05, 0) is 65.8 Å². The molecule has 0 unspecified atom stereocenters. The van der Waals surface area contributed by atoms with Gasteiger partial charge in [0.1, 0.15) is 0 Å². The van der Waals surface area contributed by atoms with E-state index in [2.05, 4.69) is 78.2 Å². The van der Waals surface area contributed by atoms with Gasteiger partial charge in [0.2, 0.25) is 0 Å². The van der Waals surface area contributed by atoms with Gasteiger partial charge >= 0.3 is 0 Å². The van der Waals surface area contributed by atoms with Gasteiger partial charge in [-0.3, -0.25) is 4.98 Å². The van der Waals surface area contributed by atoms with Crippen LogP contribution in [-0.4, -0.2) is 21.2 Å². The number of nitrogens with zero attached hydrogens (tertiary/aromatic N) is 3. The zero-order chi connectivity index (χ0) is 23.8. The molecule has 2 aromatic heterocycles. The molecular formula is C30H33N3O. The van der Waals surface area contributed by atoms with Crippen LogP contribution in [0.1, 0.15) is 41.3 Å². The maximum atomic E-state index is 10.3. The van der Waals surface area contributed by atoms with Crippen molar-refractivity contribution in [3.63, 3.8) is 0 Å². The molecule has 34 heavy (non-hydrogen) atoms. The Hall–Kier alpha value is -3.53. The molecule has 1 aliphatic heterocycles. The average Bonchev–Trinajstić information content (AvgIpc) is 3.15. The summed E-state index contributed by atoms with van der Waals surface area (Å²) in [7, 11) is 0. The third kappa shape index (κ3) is 3.87. The van der Waals surface area contributed by atoms with E-state index in [0.717, 1.165) is 38.0 Å². The zero-order valence-corrected chi connectivity index (χ0v) is 20.4. The largest absolute Gasteiger partial charge is 0.513 e. The lowest BCUT2D eigenvalue weighted by molar-refractivity contribution is 0.401. The molecule has 4 heteroatoms. The molecule has 0 fully saturated rings. The molecule has 0 radical (unpaired) electrons. The Balaban J connectivity index is 1.75. The van der Waals surface area contributed by atoms with Gasteiger partial charge in [0.25, 0.3) is 0 Å². The molecule has 1 aliphatic rings. The minimum atomic E-state index is 0.198. The fourth-order valence-electron chi connectivity index (χ4n) is 5.55. The van der Waals surface area contributed by atoms with Gasteiger partial charge in [-0.1, -0.05) is 50.3 Å². The van der Waals surface area contributed by atoms with Crippen LogP contribution >= 0.6 is 0 Å². The normalized spacial score (nSPS) is 13.0. The summed E-state index contributed by atoms with van der Waals surface area (Å²) >= 11 is 0. The minimum absolute atomic E-state index is 0.198. The fourth-order valence-corrected chi connectivity index (χ4v) is 5.55. The monoisotopic (exact) mass is 451 g/mol. The molecule has 0 saturated heterocycles. The van der Waals surface area contributed by atoms with E-state index < -0.39 is 0 Å². The number of benzene rings is 2. The summed E-state index contributed by atoms with van der Waals surface area (Å²) in [6, 6.07) is 15.4. The van der Waals surface area contributed by atoms with E-state index in [-0.39, 0.29) is 5.76 Å². The van der Waals surface area contributed by atoms with Crippen LogP contribution in [-0.2, 0) is 25.9 Å². The average molecular weight is 452 g/mol. The number of hydrogen-bond donors (Lipinski definition) is 1. The lowest BCUT2D eigenvalue weighted by atomic mass is 9.88. The van der Waals surface area contributed by atoms with Crippen LogP contribution in [0.5, 0.6) is 0 Å². The molecule has 4 nitrogen and oxygen atoms in total. The molecule has 0 bridgehead atoms. The fraction of sp³-hybridized carbons (Fsp3) is 0.300. The van der Waals surface area contributed by atoms with Crippen molar-refractivity contribution in [2.24, 2.45) is 0 Å². The topological polar surface area (TPSA) is 41.3 Å². The highest BCUT2D eigenvalue weighted by atomic mass is 16.3. The Morgan fingerprint density at radius 2 is 1.88 bits per heavy atom. The van der Waals surface area contributed by atoms with Gasteiger partial charge in [0.05, 0.1) is 17.0 Å². The van der Waals surface area contributed by atoms with Crippen LogP contribution in [0.3, 0.4) is 0 Å².